The first-order valence-corrected chi connectivity index (χ1v) is 8.90. The lowest BCUT2D eigenvalue weighted by atomic mass is 10.0. The number of carbonyl (C=O) groups excluding carboxylic acids is 1. The van der Waals surface area contributed by atoms with Crippen molar-refractivity contribution in [3.63, 3.8) is 0 Å². The molecule has 4 rings (SSSR count). The van der Waals surface area contributed by atoms with E-state index in [0.717, 1.165) is 30.2 Å². The van der Waals surface area contributed by atoms with E-state index in [0.29, 0.717) is 38.3 Å². The van der Waals surface area contributed by atoms with Crippen LogP contribution in [0.3, 0.4) is 0 Å². The number of fused-ring (bicyclic) bond motifs is 1. The van der Waals surface area contributed by atoms with Crippen LogP contribution in [0.15, 0.2) is 28.7 Å². The molecule has 1 saturated heterocycles. The summed E-state index contributed by atoms with van der Waals surface area (Å²) in [5.41, 5.74) is 1.14. The van der Waals surface area contributed by atoms with Gasteiger partial charge in [-0.3, -0.25) is 4.79 Å². The summed E-state index contributed by atoms with van der Waals surface area (Å²) in [4.78, 5) is 18.8. The number of hydrogen-bond acceptors (Lipinski definition) is 5. The number of carbonyl (C=O) groups is 1. The Morgan fingerprint density at radius 2 is 2.00 bits per heavy atom. The van der Waals surface area contributed by atoms with Crippen molar-refractivity contribution in [3.8, 4) is 0 Å². The van der Waals surface area contributed by atoms with Crippen molar-refractivity contribution < 1.29 is 23.4 Å². The number of amides is 1. The minimum absolute atomic E-state index is 0.267. The van der Waals surface area contributed by atoms with Gasteiger partial charge in [0, 0.05) is 32.1 Å². The van der Waals surface area contributed by atoms with Crippen molar-refractivity contribution in [1.82, 2.24) is 9.88 Å². The summed E-state index contributed by atoms with van der Waals surface area (Å²) in [7, 11) is 0. The molecule has 3 heterocycles. The highest BCUT2D eigenvalue weighted by atomic mass is 19.1. The zero-order valence-electron chi connectivity index (χ0n) is 14.4. The number of benzene rings is 1. The van der Waals surface area contributed by atoms with Gasteiger partial charge in [-0.25, -0.2) is 9.37 Å². The Bertz CT molecular complexity index is 783. The zero-order chi connectivity index (χ0) is 18.1. The molecule has 138 valence electrons. The third-order valence-corrected chi connectivity index (χ3v) is 5.05. The molecule has 2 aliphatic heterocycles. The maximum Gasteiger partial charge on any atom is 0.256 e. The number of halogens is 1. The van der Waals surface area contributed by atoms with Crippen molar-refractivity contribution >= 4 is 5.91 Å². The summed E-state index contributed by atoms with van der Waals surface area (Å²) >= 11 is 0. The van der Waals surface area contributed by atoms with Crippen LogP contribution in [0.25, 0.3) is 0 Å². The Hall–Kier alpha value is -2.25. The van der Waals surface area contributed by atoms with Gasteiger partial charge in [-0.2, -0.15) is 0 Å². The van der Waals surface area contributed by atoms with Crippen molar-refractivity contribution in [2.45, 2.75) is 37.8 Å². The lowest BCUT2D eigenvalue weighted by Gasteiger charge is -2.27. The molecular formula is C19H21FN2O4. The average Bonchev–Trinajstić information content (AvgIpc) is 3.11. The van der Waals surface area contributed by atoms with Crippen LogP contribution in [-0.2, 0) is 22.5 Å². The molecule has 1 fully saturated rings. The largest absolute Gasteiger partial charge is 0.445 e. The molecule has 1 aromatic heterocycles. The maximum absolute atomic E-state index is 13.0. The zero-order valence-corrected chi connectivity index (χ0v) is 14.4. The lowest BCUT2D eigenvalue weighted by Crippen LogP contribution is -2.38. The highest BCUT2D eigenvalue weighted by molar-refractivity contribution is 5.82. The lowest BCUT2D eigenvalue weighted by molar-refractivity contribution is -0.141. The fourth-order valence-electron chi connectivity index (χ4n) is 3.49. The Morgan fingerprint density at radius 3 is 2.73 bits per heavy atom. The molecule has 1 atom stereocenters. The van der Waals surface area contributed by atoms with E-state index in [4.69, 9.17) is 9.15 Å². The number of aliphatic hydroxyl groups excluding tert-OH is 1. The van der Waals surface area contributed by atoms with Crippen LogP contribution in [0, 0.1) is 5.82 Å². The van der Waals surface area contributed by atoms with E-state index in [1.54, 1.807) is 4.90 Å². The Labute approximate surface area is 150 Å². The predicted molar refractivity (Wildman–Crippen MR) is 89.8 cm³/mol. The van der Waals surface area contributed by atoms with Gasteiger partial charge in [-0.15, -0.1) is 0 Å². The van der Waals surface area contributed by atoms with Crippen LogP contribution in [0.1, 0.15) is 47.8 Å². The van der Waals surface area contributed by atoms with E-state index in [1.165, 1.54) is 24.3 Å². The van der Waals surface area contributed by atoms with Crippen LogP contribution < -0.4 is 0 Å². The minimum Gasteiger partial charge on any atom is -0.445 e. The number of oxazole rings is 1. The number of aromatic nitrogens is 1. The van der Waals surface area contributed by atoms with E-state index in [-0.39, 0.29) is 5.92 Å². The van der Waals surface area contributed by atoms with Gasteiger partial charge < -0.3 is 19.2 Å². The molecule has 7 heteroatoms. The Morgan fingerprint density at radius 1 is 1.27 bits per heavy atom. The number of ether oxygens (including phenoxy) is 1. The quantitative estimate of drug-likeness (QED) is 0.909. The minimum atomic E-state index is -1.31. The number of nitrogens with zero attached hydrogens (tertiary/aromatic N) is 2. The predicted octanol–water partition coefficient (Wildman–Crippen LogP) is 2.33. The van der Waals surface area contributed by atoms with Gasteiger partial charge in [0.05, 0.1) is 6.54 Å². The fourth-order valence-corrected chi connectivity index (χ4v) is 3.49. The summed E-state index contributed by atoms with van der Waals surface area (Å²) in [6, 6.07) is 5.31. The molecule has 2 aliphatic rings. The van der Waals surface area contributed by atoms with E-state index in [1.807, 2.05) is 0 Å². The molecule has 1 amide bonds. The smallest absolute Gasteiger partial charge is 0.256 e. The summed E-state index contributed by atoms with van der Waals surface area (Å²) in [5, 5.41) is 10.3. The van der Waals surface area contributed by atoms with Crippen LogP contribution >= 0.6 is 0 Å². The summed E-state index contributed by atoms with van der Waals surface area (Å²) in [6.45, 7) is 2.21. The first-order valence-electron chi connectivity index (χ1n) is 8.90. The molecule has 1 N–H and O–H groups in total. The van der Waals surface area contributed by atoms with Gasteiger partial charge in [-0.1, -0.05) is 12.1 Å². The van der Waals surface area contributed by atoms with E-state index in [9.17, 15) is 14.3 Å². The van der Waals surface area contributed by atoms with E-state index in [2.05, 4.69) is 4.98 Å². The van der Waals surface area contributed by atoms with Crippen LogP contribution in [0.5, 0.6) is 0 Å². The van der Waals surface area contributed by atoms with Crippen molar-refractivity contribution in [1.29, 1.82) is 0 Å². The van der Waals surface area contributed by atoms with Gasteiger partial charge in [0.1, 0.15) is 17.3 Å². The standard InChI is InChI=1S/C19H21FN2O4/c20-14-3-1-12(2-4-14)17(23)19(24)22-8-5-16-15(11-22)21-18(26-16)13-6-9-25-10-7-13/h1-4,13,17,23H,5-11H2. The van der Waals surface area contributed by atoms with E-state index < -0.39 is 17.8 Å². The molecule has 6 nitrogen and oxygen atoms in total. The van der Waals surface area contributed by atoms with Crippen molar-refractivity contribution in [2.24, 2.45) is 0 Å². The summed E-state index contributed by atoms with van der Waals surface area (Å²) < 4.78 is 24.3. The first kappa shape index (κ1) is 17.2. The second-order valence-electron chi connectivity index (χ2n) is 6.77. The number of hydrogen-bond donors (Lipinski definition) is 1. The molecule has 0 radical (unpaired) electrons. The average molecular weight is 360 g/mol. The molecular weight excluding hydrogens is 339 g/mol. The van der Waals surface area contributed by atoms with E-state index >= 15 is 0 Å². The monoisotopic (exact) mass is 360 g/mol. The molecule has 1 unspecified atom stereocenters. The molecule has 0 aliphatic carbocycles. The van der Waals surface area contributed by atoms with Crippen LogP contribution in [0.4, 0.5) is 4.39 Å². The highest BCUT2D eigenvalue weighted by Crippen LogP contribution is 2.30. The molecule has 0 bridgehead atoms. The topological polar surface area (TPSA) is 75.8 Å². The number of aliphatic hydroxyl groups is 1. The first-order chi connectivity index (χ1) is 12.6. The van der Waals surface area contributed by atoms with Crippen molar-refractivity contribution in [3.05, 3.63) is 53.0 Å². The molecule has 2 aromatic rings. The maximum atomic E-state index is 13.0. The Balaban J connectivity index is 1.46. The summed E-state index contributed by atoms with van der Waals surface area (Å²) in [5.74, 6) is 1.01. The second kappa shape index (κ2) is 7.17. The van der Waals surface area contributed by atoms with Gasteiger partial charge in [0.2, 0.25) is 0 Å². The Kier molecular flexibility index (Phi) is 4.74. The highest BCUT2D eigenvalue weighted by Gasteiger charge is 2.31. The molecule has 26 heavy (non-hydrogen) atoms. The van der Waals surface area contributed by atoms with Crippen LogP contribution in [-0.4, -0.2) is 40.7 Å². The summed E-state index contributed by atoms with van der Waals surface area (Å²) in [6.07, 6.45) is 1.06. The molecule has 0 saturated carbocycles. The molecule has 0 spiro atoms. The van der Waals surface area contributed by atoms with Gasteiger partial charge in [0.15, 0.2) is 12.0 Å². The van der Waals surface area contributed by atoms with Gasteiger partial charge in [0.25, 0.3) is 5.91 Å². The van der Waals surface area contributed by atoms with Crippen LogP contribution in [0.2, 0.25) is 0 Å². The van der Waals surface area contributed by atoms with Gasteiger partial charge in [-0.05, 0) is 30.5 Å². The third-order valence-electron chi connectivity index (χ3n) is 5.05. The third kappa shape index (κ3) is 3.37. The van der Waals surface area contributed by atoms with Gasteiger partial charge >= 0.3 is 0 Å². The normalized spacial score (nSPS) is 19.2. The molecule has 1 aromatic carbocycles. The number of rotatable bonds is 3. The van der Waals surface area contributed by atoms with Crippen molar-refractivity contribution in [2.75, 3.05) is 19.8 Å². The fraction of sp³-hybridized carbons (Fsp3) is 0.474. The SMILES string of the molecule is O=C(C(O)c1ccc(F)cc1)N1CCc2oc(C3CCOCC3)nc2C1. The second-order valence-corrected chi connectivity index (χ2v) is 6.77.